The quantitative estimate of drug-likeness (QED) is 0.920. The van der Waals surface area contributed by atoms with Gasteiger partial charge in [-0.05, 0) is 37.5 Å². The highest BCUT2D eigenvalue weighted by Crippen LogP contribution is 2.35. The van der Waals surface area contributed by atoms with E-state index in [-0.39, 0.29) is 6.61 Å². The van der Waals surface area contributed by atoms with Crippen LogP contribution in [0.1, 0.15) is 20.3 Å². The molecule has 0 saturated carbocycles. The highest BCUT2D eigenvalue weighted by molar-refractivity contribution is 9.10. The molecule has 4 heteroatoms. The second kappa shape index (κ2) is 6.62. The van der Waals surface area contributed by atoms with Crippen LogP contribution in [0.2, 0.25) is 0 Å². The van der Waals surface area contributed by atoms with E-state index < -0.39 is 0 Å². The SMILES string of the molecule is CCN1CCCN(C[C@H](C)CO)c2cc(Br)ccc21. The maximum atomic E-state index is 9.29. The van der Waals surface area contributed by atoms with E-state index >= 15 is 0 Å². The van der Waals surface area contributed by atoms with Gasteiger partial charge >= 0.3 is 0 Å². The van der Waals surface area contributed by atoms with Crippen LogP contribution in [0.5, 0.6) is 0 Å². The first-order valence-corrected chi connectivity index (χ1v) is 7.85. The number of benzene rings is 1. The van der Waals surface area contributed by atoms with Crippen LogP contribution >= 0.6 is 15.9 Å². The Hall–Kier alpha value is -0.740. The smallest absolute Gasteiger partial charge is 0.0615 e. The summed E-state index contributed by atoms with van der Waals surface area (Å²) in [6.07, 6.45) is 1.16. The number of nitrogens with zero attached hydrogens (tertiary/aromatic N) is 2. The largest absolute Gasteiger partial charge is 0.396 e. The van der Waals surface area contributed by atoms with Gasteiger partial charge < -0.3 is 14.9 Å². The lowest BCUT2D eigenvalue weighted by Gasteiger charge is -2.29. The van der Waals surface area contributed by atoms with Crippen molar-refractivity contribution in [3.8, 4) is 0 Å². The van der Waals surface area contributed by atoms with Crippen LogP contribution in [0.25, 0.3) is 0 Å². The lowest BCUT2D eigenvalue weighted by molar-refractivity contribution is 0.239. The van der Waals surface area contributed by atoms with E-state index in [1.165, 1.54) is 11.4 Å². The number of halogens is 1. The van der Waals surface area contributed by atoms with Crippen LogP contribution in [0.4, 0.5) is 11.4 Å². The Bertz CT molecular complexity index is 425. The Balaban J connectivity index is 2.33. The fourth-order valence-electron chi connectivity index (χ4n) is 2.66. The molecule has 1 heterocycles. The van der Waals surface area contributed by atoms with Crippen LogP contribution in [-0.4, -0.2) is 37.9 Å². The number of rotatable bonds is 4. The third kappa shape index (κ3) is 3.42. The molecule has 1 aliphatic heterocycles. The van der Waals surface area contributed by atoms with Gasteiger partial charge in [0, 0.05) is 37.3 Å². The van der Waals surface area contributed by atoms with Crippen molar-refractivity contribution >= 4 is 27.3 Å². The van der Waals surface area contributed by atoms with Crippen molar-refractivity contribution in [1.29, 1.82) is 0 Å². The summed E-state index contributed by atoms with van der Waals surface area (Å²) in [4.78, 5) is 4.85. The van der Waals surface area contributed by atoms with Gasteiger partial charge in [0.05, 0.1) is 11.4 Å². The maximum Gasteiger partial charge on any atom is 0.0615 e. The molecule has 1 atom stereocenters. The van der Waals surface area contributed by atoms with Crippen LogP contribution in [0.3, 0.4) is 0 Å². The maximum absolute atomic E-state index is 9.29. The van der Waals surface area contributed by atoms with Gasteiger partial charge in [-0.15, -0.1) is 0 Å². The Morgan fingerprint density at radius 1 is 1.26 bits per heavy atom. The van der Waals surface area contributed by atoms with Gasteiger partial charge in [-0.1, -0.05) is 22.9 Å². The molecule has 1 aromatic carbocycles. The highest BCUT2D eigenvalue weighted by atomic mass is 79.9. The number of hydrogen-bond acceptors (Lipinski definition) is 3. The van der Waals surface area contributed by atoms with E-state index in [2.05, 4.69) is 57.8 Å². The molecule has 0 unspecified atom stereocenters. The highest BCUT2D eigenvalue weighted by Gasteiger charge is 2.21. The third-order valence-electron chi connectivity index (χ3n) is 3.70. The van der Waals surface area contributed by atoms with E-state index in [1.54, 1.807) is 0 Å². The molecule has 0 bridgehead atoms. The zero-order chi connectivity index (χ0) is 13.8. The van der Waals surface area contributed by atoms with Gasteiger partial charge in [0.15, 0.2) is 0 Å². The molecule has 0 aliphatic carbocycles. The number of aliphatic hydroxyl groups is 1. The molecular weight excluding hydrogens is 304 g/mol. The van der Waals surface area contributed by atoms with Gasteiger partial charge in [-0.25, -0.2) is 0 Å². The fraction of sp³-hybridized carbons (Fsp3) is 0.600. The van der Waals surface area contributed by atoms with E-state index in [0.717, 1.165) is 37.1 Å². The normalized spacial score (nSPS) is 17.1. The Morgan fingerprint density at radius 3 is 2.68 bits per heavy atom. The molecule has 0 spiro atoms. The van der Waals surface area contributed by atoms with Crippen molar-refractivity contribution in [2.45, 2.75) is 20.3 Å². The second-order valence-electron chi connectivity index (χ2n) is 5.30. The summed E-state index contributed by atoms with van der Waals surface area (Å²) in [5, 5.41) is 9.29. The predicted molar refractivity (Wildman–Crippen MR) is 85.1 cm³/mol. The first-order valence-electron chi connectivity index (χ1n) is 7.06. The number of fused-ring (bicyclic) bond motifs is 1. The first kappa shape index (κ1) is 14.7. The predicted octanol–water partition coefficient (Wildman–Crippen LogP) is 3.11. The monoisotopic (exact) mass is 326 g/mol. The van der Waals surface area contributed by atoms with Crippen LogP contribution < -0.4 is 9.80 Å². The zero-order valence-electron chi connectivity index (χ0n) is 11.8. The summed E-state index contributed by atoms with van der Waals surface area (Å²) < 4.78 is 1.12. The van der Waals surface area contributed by atoms with E-state index in [9.17, 15) is 5.11 Å². The molecule has 0 fully saturated rings. The van der Waals surface area contributed by atoms with Crippen LogP contribution in [-0.2, 0) is 0 Å². The molecule has 2 rings (SSSR count). The molecule has 0 amide bonds. The van der Waals surface area contributed by atoms with Gasteiger partial charge in [-0.2, -0.15) is 0 Å². The minimum absolute atomic E-state index is 0.247. The van der Waals surface area contributed by atoms with Gasteiger partial charge in [0.2, 0.25) is 0 Å². The lowest BCUT2D eigenvalue weighted by Crippen LogP contribution is -2.30. The van der Waals surface area contributed by atoms with Gasteiger partial charge in [-0.3, -0.25) is 0 Å². The molecule has 1 aliphatic rings. The fourth-order valence-corrected chi connectivity index (χ4v) is 3.01. The number of hydrogen-bond donors (Lipinski definition) is 1. The molecule has 19 heavy (non-hydrogen) atoms. The van der Waals surface area contributed by atoms with Crippen molar-refractivity contribution in [2.24, 2.45) is 5.92 Å². The van der Waals surface area contributed by atoms with Gasteiger partial charge in [0.1, 0.15) is 0 Å². The van der Waals surface area contributed by atoms with Crippen molar-refractivity contribution in [2.75, 3.05) is 42.6 Å². The molecule has 0 saturated heterocycles. The standard InChI is InChI=1S/C15H23BrN2O/c1-3-17-7-4-8-18(10-12(2)11-19)15-9-13(16)5-6-14(15)17/h5-6,9,12,19H,3-4,7-8,10-11H2,1-2H3/t12-/m0/s1. The Kier molecular flexibility index (Phi) is 5.11. The summed E-state index contributed by atoms with van der Waals surface area (Å²) in [5.74, 6) is 0.306. The Labute approximate surface area is 124 Å². The average molecular weight is 327 g/mol. The van der Waals surface area contributed by atoms with Crippen molar-refractivity contribution in [3.63, 3.8) is 0 Å². The van der Waals surface area contributed by atoms with E-state index in [1.807, 2.05) is 0 Å². The number of anilines is 2. The van der Waals surface area contributed by atoms with Crippen molar-refractivity contribution in [1.82, 2.24) is 0 Å². The van der Waals surface area contributed by atoms with Gasteiger partial charge in [0.25, 0.3) is 0 Å². The zero-order valence-corrected chi connectivity index (χ0v) is 13.4. The number of aliphatic hydroxyl groups excluding tert-OH is 1. The summed E-state index contributed by atoms with van der Waals surface area (Å²) >= 11 is 3.57. The average Bonchev–Trinajstić information content (AvgIpc) is 2.58. The molecule has 3 nitrogen and oxygen atoms in total. The summed E-state index contributed by atoms with van der Waals surface area (Å²) in [6.45, 7) is 8.67. The first-order chi connectivity index (χ1) is 9.15. The third-order valence-corrected chi connectivity index (χ3v) is 4.19. The molecule has 0 aromatic heterocycles. The summed E-state index contributed by atoms with van der Waals surface area (Å²) in [6, 6.07) is 6.51. The van der Waals surface area contributed by atoms with Crippen LogP contribution in [0, 0.1) is 5.92 Å². The molecule has 0 radical (unpaired) electrons. The molecule has 1 N–H and O–H groups in total. The summed E-state index contributed by atoms with van der Waals surface area (Å²) in [5.41, 5.74) is 2.60. The summed E-state index contributed by atoms with van der Waals surface area (Å²) in [7, 11) is 0. The van der Waals surface area contributed by atoms with E-state index in [4.69, 9.17) is 0 Å². The Morgan fingerprint density at radius 2 is 2.00 bits per heavy atom. The van der Waals surface area contributed by atoms with Crippen molar-refractivity contribution < 1.29 is 5.11 Å². The minimum atomic E-state index is 0.247. The topological polar surface area (TPSA) is 26.7 Å². The minimum Gasteiger partial charge on any atom is -0.396 e. The molecule has 1 aromatic rings. The molecule has 106 valence electrons. The lowest BCUT2D eigenvalue weighted by atomic mass is 10.1. The van der Waals surface area contributed by atoms with Crippen molar-refractivity contribution in [3.05, 3.63) is 22.7 Å². The van der Waals surface area contributed by atoms with Crippen LogP contribution in [0.15, 0.2) is 22.7 Å². The van der Waals surface area contributed by atoms with E-state index in [0.29, 0.717) is 5.92 Å². The second-order valence-corrected chi connectivity index (χ2v) is 6.22. The molecular formula is C15H23BrN2O.